The molecule has 2 rings (SSSR count). The molecule has 0 radical (unpaired) electrons. The lowest BCUT2D eigenvalue weighted by Gasteiger charge is -2.28. The molecular formula is C12H14F2N2O2. The number of nitrogens with zero attached hydrogens (tertiary/aromatic N) is 1. The summed E-state index contributed by atoms with van der Waals surface area (Å²) in [6.45, 7) is 1.44. The summed E-state index contributed by atoms with van der Waals surface area (Å²) in [5.41, 5.74) is 1.99. The maximum Gasteiger partial charge on any atom is 0.335 e. The summed E-state index contributed by atoms with van der Waals surface area (Å²) in [6, 6.07) is 1.63. The fraction of sp³-hybridized carbons (Fsp3) is 0.417. The molecular weight excluding hydrogens is 242 g/mol. The number of anilines is 1. The van der Waals surface area contributed by atoms with E-state index in [0.29, 0.717) is 0 Å². The molecule has 0 saturated carbocycles. The first-order chi connectivity index (χ1) is 8.58. The summed E-state index contributed by atoms with van der Waals surface area (Å²) >= 11 is 0. The van der Waals surface area contributed by atoms with Crippen molar-refractivity contribution in [2.75, 3.05) is 18.5 Å². The summed E-state index contributed by atoms with van der Waals surface area (Å²) in [6.07, 6.45) is 3.06. The smallest absolute Gasteiger partial charge is 0.335 e. The zero-order valence-electron chi connectivity index (χ0n) is 9.75. The molecule has 1 aromatic carbocycles. The van der Waals surface area contributed by atoms with Crippen molar-refractivity contribution in [2.24, 2.45) is 0 Å². The number of piperidine rings is 1. The number of hydrogen-bond donors (Lipinski definition) is 2. The Morgan fingerprint density at radius 3 is 2.22 bits per heavy atom. The molecule has 1 aromatic rings. The molecule has 6 heteroatoms. The van der Waals surface area contributed by atoms with Gasteiger partial charge in [0.2, 0.25) is 0 Å². The Morgan fingerprint density at radius 2 is 1.72 bits per heavy atom. The first-order valence-electron chi connectivity index (χ1n) is 5.82. The minimum absolute atomic E-state index is 0.290. The quantitative estimate of drug-likeness (QED) is 0.872. The predicted molar refractivity (Wildman–Crippen MR) is 62.4 cm³/mol. The number of halogens is 2. The number of hydrazine groups is 1. The van der Waals surface area contributed by atoms with Gasteiger partial charge in [-0.25, -0.2) is 18.6 Å². The normalized spacial score (nSPS) is 16.6. The Labute approximate surface area is 103 Å². The largest absolute Gasteiger partial charge is 0.478 e. The van der Waals surface area contributed by atoms with E-state index in [4.69, 9.17) is 5.11 Å². The maximum absolute atomic E-state index is 13.6. The van der Waals surface area contributed by atoms with Gasteiger partial charge in [-0.2, -0.15) is 0 Å². The molecule has 0 amide bonds. The molecule has 1 fully saturated rings. The average molecular weight is 256 g/mol. The lowest BCUT2D eigenvalue weighted by atomic mass is 10.1. The highest BCUT2D eigenvalue weighted by Crippen LogP contribution is 2.22. The Hall–Kier alpha value is -1.69. The fourth-order valence-corrected chi connectivity index (χ4v) is 1.97. The van der Waals surface area contributed by atoms with Crippen molar-refractivity contribution in [3.63, 3.8) is 0 Å². The van der Waals surface area contributed by atoms with Crippen LogP contribution in [0.2, 0.25) is 0 Å². The van der Waals surface area contributed by atoms with Gasteiger partial charge < -0.3 is 10.5 Å². The maximum atomic E-state index is 13.6. The second-order valence-corrected chi connectivity index (χ2v) is 4.28. The number of aromatic carboxylic acids is 1. The van der Waals surface area contributed by atoms with Crippen molar-refractivity contribution < 1.29 is 18.7 Å². The minimum Gasteiger partial charge on any atom is -0.478 e. The number of benzene rings is 1. The number of carboxylic acid groups (broad SMARTS) is 1. The van der Waals surface area contributed by atoms with Crippen molar-refractivity contribution in [1.29, 1.82) is 0 Å². The van der Waals surface area contributed by atoms with E-state index in [1.165, 1.54) is 0 Å². The molecule has 1 heterocycles. The highest BCUT2D eigenvalue weighted by molar-refractivity contribution is 5.88. The van der Waals surface area contributed by atoms with Crippen molar-refractivity contribution in [1.82, 2.24) is 5.01 Å². The van der Waals surface area contributed by atoms with Crippen LogP contribution >= 0.6 is 0 Å². The highest BCUT2D eigenvalue weighted by atomic mass is 19.1. The van der Waals surface area contributed by atoms with Gasteiger partial charge in [0.15, 0.2) is 11.6 Å². The molecule has 98 valence electrons. The summed E-state index contributed by atoms with van der Waals surface area (Å²) in [7, 11) is 0. The second-order valence-electron chi connectivity index (χ2n) is 4.28. The van der Waals surface area contributed by atoms with Gasteiger partial charge in [-0.3, -0.25) is 0 Å². The number of carboxylic acids is 1. The van der Waals surface area contributed by atoms with Crippen molar-refractivity contribution in [3.8, 4) is 0 Å². The number of carbonyl (C=O) groups is 1. The first-order valence-corrected chi connectivity index (χ1v) is 5.82. The number of hydrogen-bond acceptors (Lipinski definition) is 3. The Kier molecular flexibility index (Phi) is 3.76. The molecule has 0 aromatic heterocycles. The molecule has 2 N–H and O–H groups in total. The third-order valence-electron chi connectivity index (χ3n) is 2.92. The van der Waals surface area contributed by atoms with Crippen molar-refractivity contribution in [2.45, 2.75) is 19.3 Å². The average Bonchev–Trinajstić information content (AvgIpc) is 2.34. The van der Waals surface area contributed by atoms with Crippen LogP contribution in [-0.4, -0.2) is 29.2 Å². The Bertz CT molecular complexity index is 436. The zero-order valence-corrected chi connectivity index (χ0v) is 9.75. The lowest BCUT2D eigenvalue weighted by Crippen LogP contribution is -2.35. The van der Waals surface area contributed by atoms with Gasteiger partial charge in [0.05, 0.1) is 5.56 Å². The van der Waals surface area contributed by atoms with Crippen LogP contribution in [0.1, 0.15) is 29.6 Å². The molecule has 1 aliphatic rings. The summed E-state index contributed by atoms with van der Waals surface area (Å²) in [5.74, 6) is -3.13. The van der Waals surface area contributed by atoms with Gasteiger partial charge >= 0.3 is 5.97 Å². The van der Waals surface area contributed by atoms with Crippen LogP contribution in [-0.2, 0) is 0 Å². The van der Waals surface area contributed by atoms with Crippen LogP contribution < -0.4 is 5.43 Å². The molecule has 0 unspecified atom stereocenters. The van der Waals surface area contributed by atoms with Gasteiger partial charge in [0.1, 0.15) is 5.69 Å². The van der Waals surface area contributed by atoms with E-state index in [9.17, 15) is 13.6 Å². The van der Waals surface area contributed by atoms with Gasteiger partial charge in [-0.05, 0) is 25.0 Å². The zero-order chi connectivity index (χ0) is 13.1. The van der Waals surface area contributed by atoms with Crippen LogP contribution in [0, 0.1) is 11.6 Å². The molecule has 0 atom stereocenters. The highest BCUT2D eigenvalue weighted by Gasteiger charge is 2.17. The number of rotatable bonds is 3. The molecule has 0 spiro atoms. The standard InChI is InChI=1S/C12H14F2N2O2/c13-9-6-8(12(17)18)7-10(14)11(9)15-16-4-2-1-3-5-16/h6-7,15H,1-5H2,(H,17,18). The Morgan fingerprint density at radius 1 is 1.17 bits per heavy atom. The lowest BCUT2D eigenvalue weighted by molar-refractivity contribution is 0.0696. The van der Waals surface area contributed by atoms with E-state index in [2.05, 4.69) is 5.43 Å². The second kappa shape index (κ2) is 5.30. The molecule has 0 bridgehead atoms. The van der Waals surface area contributed by atoms with Gasteiger partial charge in [0, 0.05) is 13.1 Å². The fourth-order valence-electron chi connectivity index (χ4n) is 1.97. The van der Waals surface area contributed by atoms with E-state index in [1.807, 2.05) is 0 Å². The van der Waals surface area contributed by atoms with Crippen LogP contribution in [0.15, 0.2) is 12.1 Å². The first kappa shape index (κ1) is 12.8. The third-order valence-corrected chi connectivity index (χ3v) is 2.92. The molecule has 0 aliphatic carbocycles. The van der Waals surface area contributed by atoms with E-state index in [-0.39, 0.29) is 5.69 Å². The topological polar surface area (TPSA) is 52.6 Å². The van der Waals surface area contributed by atoms with Crippen LogP contribution in [0.25, 0.3) is 0 Å². The van der Waals surface area contributed by atoms with Crippen LogP contribution in [0.5, 0.6) is 0 Å². The predicted octanol–water partition coefficient (Wildman–Crippen LogP) is 2.48. The monoisotopic (exact) mass is 256 g/mol. The molecule has 4 nitrogen and oxygen atoms in total. The number of nitrogens with one attached hydrogen (secondary N) is 1. The SMILES string of the molecule is O=C(O)c1cc(F)c(NN2CCCCC2)c(F)c1. The van der Waals surface area contributed by atoms with Gasteiger partial charge in [-0.15, -0.1) is 0 Å². The summed E-state index contributed by atoms with van der Waals surface area (Å²) < 4.78 is 27.3. The van der Waals surface area contributed by atoms with Crippen LogP contribution in [0.3, 0.4) is 0 Å². The van der Waals surface area contributed by atoms with E-state index in [1.54, 1.807) is 5.01 Å². The van der Waals surface area contributed by atoms with Crippen molar-refractivity contribution >= 4 is 11.7 Å². The van der Waals surface area contributed by atoms with Crippen LogP contribution in [0.4, 0.5) is 14.5 Å². The minimum atomic E-state index is -1.35. The third kappa shape index (κ3) is 2.76. The summed E-state index contributed by atoms with van der Waals surface area (Å²) in [4.78, 5) is 10.6. The van der Waals surface area contributed by atoms with E-state index >= 15 is 0 Å². The molecule has 1 aliphatic heterocycles. The van der Waals surface area contributed by atoms with E-state index in [0.717, 1.165) is 44.5 Å². The van der Waals surface area contributed by atoms with Gasteiger partial charge in [-0.1, -0.05) is 6.42 Å². The van der Waals surface area contributed by atoms with E-state index < -0.39 is 23.2 Å². The molecule has 1 saturated heterocycles. The Balaban J connectivity index is 2.19. The van der Waals surface area contributed by atoms with Gasteiger partial charge in [0.25, 0.3) is 0 Å². The van der Waals surface area contributed by atoms with Crippen molar-refractivity contribution in [3.05, 3.63) is 29.3 Å². The summed E-state index contributed by atoms with van der Waals surface area (Å²) in [5, 5.41) is 10.4. The molecule has 18 heavy (non-hydrogen) atoms.